The lowest BCUT2D eigenvalue weighted by Crippen LogP contribution is -2.31. The maximum Gasteiger partial charge on any atom is 0.296 e. The lowest BCUT2D eigenvalue weighted by Gasteiger charge is -2.24. The van der Waals surface area contributed by atoms with Crippen LogP contribution in [0.1, 0.15) is 27.7 Å². The molecule has 0 saturated heterocycles. The Morgan fingerprint density at radius 3 is 2.52 bits per heavy atom. The van der Waals surface area contributed by atoms with Gasteiger partial charge in [-0.3, -0.25) is 14.5 Å². The van der Waals surface area contributed by atoms with Crippen LogP contribution < -0.4 is 4.90 Å². The number of furan rings is 1. The molecule has 0 fully saturated rings. The smallest absolute Gasteiger partial charge is 0.296 e. The number of anilines is 1. The Morgan fingerprint density at radius 2 is 1.77 bits per heavy atom. The number of aromatic nitrogens is 2. The minimum Gasteiger partial charge on any atom is -0.503 e. The first-order valence-electron chi connectivity index (χ1n) is 11.8. The van der Waals surface area contributed by atoms with Gasteiger partial charge in [0.25, 0.3) is 5.91 Å². The Balaban J connectivity index is 1.37. The van der Waals surface area contributed by atoms with E-state index in [0.717, 1.165) is 5.56 Å². The van der Waals surface area contributed by atoms with Crippen LogP contribution in [0, 0.1) is 0 Å². The molecule has 1 atom stereocenters. The number of hydrogen-bond acceptors (Lipinski definition) is 8. The van der Waals surface area contributed by atoms with Gasteiger partial charge >= 0.3 is 0 Å². The minimum absolute atomic E-state index is 0.0149. The molecule has 40 heavy (non-hydrogen) atoms. The van der Waals surface area contributed by atoms with E-state index in [9.17, 15) is 14.7 Å². The van der Waals surface area contributed by atoms with Crippen LogP contribution in [-0.2, 0) is 10.5 Å². The van der Waals surface area contributed by atoms with Crippen molar-refractivity contribution in [2.45, 2.75) is 16.1 Å². The summed E-state index contributed by atoms with van der Waals surface area (Å²) in [7, 11) is 0. The van der Waals surface area contributed by atoms with E-state index in [1.54, 1.807) is 42.5 Å². The van der Waals surface area contributed by atoms with Gasteiger partial charge in [0.05, 0.1) is 21.7 Å². The third kappa shape index (κ3) is 5.00. The van der Waals surface area contributed by atoms with Crippen molar-refractivity contribution in [1.29, 1.82) is 0 Å². The number of Topliss-reactive ketones (excluding diaryl/α,β-unsaturated/α-hetero) is 1. The number of para-hydroxylation sites is 1. The first kappa shape index (κ1) is 26.9. The zero-order valence-corrected chi connectivity index (χ0v) is 24.1. The number of halogens is 3. The number of ketones is 1. The fourth-order valence-electron chi connectivity index (χ4n) is 4.34. The van der Waals surface area contributed by atoms with Gasteiger partial charge in [0.2, 0.25) is 10.9 Å². The summed E-state index contributed by atoms with van der Waals surface area (Å²) in [6, 6.07) is 19.9. The van der Waals surface area contributed by atoms with Gasteiger partial charge in [-0.05, 0) is 47.5 Å². The van der Waals surface area contributed by atoms with Crippen LogP contribution in [0.5, 0.6) is 0 Å². The van der Waals surface area contributed by atoms with Crippen LogP contribution >= 0.6 is 57.9 Å². The second kappa shape index (κ2) is 10.9. The highest BCUT2D eigenvalue weighted by molar-refractivity contribution is 8.00. The number of fused-ring (bicyclic) bond motifs is 1. The molecular weight excluding hydrogens is 613 g/mol. The van der Waals surface area contributed by atoms with Gasteiger partial charge in [-0.2, -0.15) is 0 Å². The van der Waals surface area contributed by atoms with Crippen molar-refractivity contribution >= 4 is 85.7 Å². The van der Waals surface area contributed by atoms with E-state index in [1.165, 1.54) is 28.0 Å². The standard InChI is InChI=1S/C28H16Cl3N3O4S2/c29-17-8-5-14(6-9-17)13-39-28-33-32-27(40-28)34-23(16-7-10-18(30)19(31)11-16)22(25(36)26(34)37)24(35)21-12-15-3-1-2-4-20(15)38-21/h1-12,23,36H,13H2. The van der Waals surface area contributed by atoms with Crippen molar-refractivity contribution in [3.05, 3.63) is 116 Å². The van der Waals surface area contributed by atoms with Gasteiger partial charge in [0.15, 0.2) is 15.9 Å². The molecule has 0 spiro atoms. The predicted molar refractivity (Wildman–Crippen MR) is 158 cm³/mol. The number of rotatable bonds is 7. The minimum atomic E-state index is -1.05. The molecule has 1 amide bonds. The highest BCUT2D eigenvalue weighted by Crippen LogP contribution is 2.45. The zero-order valence-electron chi connectivity index (χ0n) is 20.2. The summed E-state index contributed by atoms with van der Waals surface area (Å²) in [5.74, 6) is -1.54. The van der Waals surface area contributed by atoms with Gasteiger partial charge in [0.1, 0.15) is 5.58 Å². The van der Waals surface area contributed by atoms with Gasteiger partial charge in [-0.15, -0.1) is 10.2 Å². The molecule has 1 aliphatic rings. The Kier molecular flexibility index (Phi) is 7.33. The van der Waals surface area contributed by atoms with Crippen molar-refractivity contribution in [1.82, 2.24) is 10.2 Å². The van der Waals surface area contributed by atoms with Crippen LogP contribution in [0.3, 0.4) is 0 Å². The summed E-state index contributed by atoms with van der Waals surface area (Å²) in [5.41, 5.74) is 1.84. The molecule has 7 nitrogen and oxygen atoms in total. The topological polar surface area (TPSA) is 96.5 Å². The Labute approximate surface area is 251 Å². The van der Waals surface area contributed by atoms with Gasteiger partial charge in [-0.25, -0.2) is 0 Å². The summed E-state index contributed by atoms with van der Waals surface area (Å²) in [6.07, 6.45) is 0. The molecule has 3 aromatic carbocycles. The summed E-state index contributed by atoms with van der Waals surface area (Å²) in [4.78, 5) is 28.5. The molecule has 2 aromatic heterocycles. The number of nitrogens with zero attached hydrogens (tertiary/aromatic N) is 3. The number of hydrogen-bond donors (Lipinski definition) is 1. The molecular formula is C28H16Cl3N3O4S2. The summed E-state index contributed by atoms with van der Waals surface area (Å²) in [6.45, 7) is 0. The van der Waals surface area contributed by atoms with E-state index >= 15 is 0 Å². The van der Waals surface area contributed by atoms with E-state index in [2.05, 4.69) is 10.2 Å². The molecule has 0 radical (unpaired) electrons. The van der Waals surface area contributed by atoms with E-state index in [-0.39, 0.29) is 21.5 Å². The van der Waals surface area contributed by atoms with Crippen molar-refractivity contribution in [3.8, 4) is 0 Å². The third-order valence-corrected chi connectivity index (χ3v) is 9.36. The molecule has 3 heterocycles. The number of aliphatic hydroxyl groups excluding tert-OH is 1. The molecule has 0 bridgehead atoms. The lowest BCUT2D eigenvalue weighted by atomic mass is 9.95. The van der Waals surface area contributed by atoms with Crippen LogP contribution in [0.4, 0.5) is 5.13 Å². The van der Waals surface area contributed by atoms with Crippen LogP contribution in [0.2, 0.25) is 15.1 Å². The fourth-order valence-corrected chi connectivity index (χ4v) is 6.60. The van der Waals surface area contributed by atoms with Crippen LogP contribution in [0.25, 0.3) is 11.0 Å². The van der Waals surface area contributed by atoms with E-state index in [0.29, 0.717) is 36.7 Å². The highest BCUT2D eigenvalue weighted by atomic mass is 35.5. The maximum absolute atomic E-state index is 13.8. The van der Waals surface area contributed by atoms with Crippen molar-refractivity contribution in [3.63, 3.8) is 0 Å². The van der Waals surface area contributed by atoms with Gasteiger partial charge in [-0.1, -0.05) is 94.3 Å². The predicted octanol–water partition coefficient (Wildman–Crippen LogP) is 8.32. The number of benzene rings is 3. The van der Waals surface area contributed by atoms with Crippen molar-refractivity contribution < 1.29 is 19.1 Å². The number of carbonyl (C=O) groups is 2. The monoisotopic (exact) mass is 627 g/mol. The average molecular weight is 629 g/mol. The molecule has 0 aliphatic carbocycles. The average Bonchev–Trinajstić information content (AvgIpc) is 3.66. The van der Waals surface area contributed by atoms with Crippen LogP contribution in [-0.4, -0.2) is 27.0 Å². The summed E-state index contributed by atoms with van der Waals surface area (Å²) >= 11 is 21.0. The Hall–Kier alpha value is -3.34. The molecule has 200 valence electrons. The van der Waals surface area contributed by atoms with Gasteiger partial charge < -0.3 is 9.52 Å². The molecule has 1 N–H and O–H groups in total. The zero-order chi connectivity index (χ0) is 28.0. The van der Waals surface area contributed by atoms with Crippen molar-refractivity contribution in [2.75, 3.05) is 4.90 Å². The molecule has 1 unspecified atom stereocenters. The number of thioether (sulfide) groups is 1. The maximum atomic E-state index is 13.8. The number of amides is 1. The summed E-state index contributed by atoms with van der Waals surface area (Å²) < 4.78 is 6.37. The second-order valence-corrected chi connectivity index (χ2v) is 12.2. The van der Waals surface area contributed by atoms with E-state index < -0.39 is 23.5 Å². The Morgan fingerprint density at radius 1 is 1.00 bits per heavy atom. The van der Waals surface area contributed by atoms with Gasteiger partial charge in [0, 0.05) is 16.2 Å². The van der Waals surface area contributed by atoms with Crippen molar-refractivity contribution in [2.24, 2.45) is 0 Å². The number of carbonyl (C=O) groups excluding carboxylic acids is 2. The fraction of sp³-hybridized carbons (Fsp3) is 0.0714. The first-order valence-corrected chi connectivity index (χ1v) is 14.7. The lowest BCUT2D eigenvalue weighted by molar-refractivity contribution is -0.117. The summed E-state index contributed by atoms with van der Waals surface area (Å²) in [5, 5.41) is 21.6. The second-order valence-electron chi connectivity index (χ2n) is 8.76. The van der Waals surface area contributed by atoms with Crippen LogP contribution in [0.15, 0.2) is 92.9 Å². The third-order valence-electron chi connectivity index (χ3n) is 6.24. The first-order chi connectivity index (χ1) is 19.3. The normalized spacial score (nSPS) is 15.4. The molecule has 12 heteroatoms. The molecule has 5 aromatic rings. The largest absolute Gasteiger partial charge is 0.503 e. The molecule has 1 aliphatic heterocycles. The highest BCUT2D eigenvalue weighted by Gasteiger charge is 2.47. The van der Waals surface area contributed by atoms with E-state index in [4.69, 9.17) is 39.2 Å². The van der Waals surface area contributed by atoms with E-state index in [1.807, 2.05) is 30.3 Å². The quantitative estimate of drug-likeness (QED) is 0.110. The molecule has 6 rings (SSSR count). The number of aliphatic hydroxyl groups is 1. The SMILES string of the molecule is O=C(C1=C(O)C(=O)N(c2nnc(SCc3ccc(Cl)cc3)s2)C1c1ccc(Cl)c(Cl)c1)c1cc2ccccc2o1. The molecule has 0 saturated carbocycles. The Bertz CT molecular complexity index is 1780.